The zero-order chi connectivity index (χ0) is 13.1. The van der Waals surface area contributed by atoms with Gasteiger partial charge in [0.2, 0.25) is 0 Å². The number of rotatable bonds is 4. The van der Waals surface area contributed by atoms with Crippen LogP contribution in [0.25, 0.3) is 0 Å². The zero-order valence-corrected chi connectivity index (χ0v) is 12.4. The molecule has 18 heavy (non-hydrogen) atoms. The van der Waals surface area contributed by atoms with E-state index in [9.17, 15) is 4.39 Å². The summed E-state index contributed by atoms with van der Waals surface area (Å²) in [5, 5.41) is 5.35. The lowest BCUT2D eigenvalue weighted by atomic mass is 10.2. The Morgan fingerprint density at radius 3 is 2.78 bits per heavy atom. The fourth-order valence-corrected chi connectivity index (χ4v) is 3.40. The van der Waals surface area contributed by atoms with Gasteiger partial charge in [0.1, 0.15) is 0 Å². The molecular weight excluding hydrogens is 317 g/mol. The average molecular weight is 330 g/mol. The van der Waals surface area contributed by atoms with Gasteiger partial charge in [0.05, 0.1) is 13.2 Å². The maximum absolute atomic E-state index is 13.3. The van der Waals surface area contributed by atoms with E-state index in [1.165, 1.54) is 18.1 Å². The molecule has 1 N–H and O–H groups in total. The molecule has 1 atom stereocenters. The van der Waals surface area contributed by atoms with E-state index in [4.69, 9.17) is 4.74 Å². The first-order valence-electron chi connectivity index (χ1n) is 5.44. The Bertz CT molecular complexity index is 544. The molecule has 0 aliphatic carbocycles. The fourth-order valence-electron chi connectivity index (χ4n) is 1.68. The Hall–Kier alpha value is -1.07. The largest absolute Gasteiger partial charge is 0.494 e. The van der Waals surface area contributed by atoms with Crippen LogP contribution in [-0.4, -0.2) is 7.11 Å². The molecular formula is C13H13BrFNOS. The minimum Gasteiger partial charge on any atom is -0.494 e. The number of ether oxygens (including phenoxy) is 1. The van der Waals surface area contributed by atoms with Gasteiger partial charge in [-0.25, -0.2) is 4.39 Å². The molecule has 1 unspecified atom stereocenters. The predicted molar refractivity (Wildman–Crippen MR) is 77.0 cm³/mol. The normalized spacial score (nSPS) is 12.2. The van der Waals surface area contributed by atoms with Crippen molar-refractivity contribution in [2.45, 2.75) is 13.0 Å². The molecule has 1 heterocycles. The quantitative estimate of drug-likeness (QED) is 0.867. The summed E-state index contributed by atoms with van der Waals surface area (Å²) in [6, 6.07) is 6.93. The van der Waals surface area contributed by atoms with Crippen LogP contribution < -0.4 is 10.1 Å². The van der Waals surface area contributed by atoms with E-state index in [1.54, 1.807) is 23.5 Å². The van der Waals surface area contributed by atoms with Crippen molar-refractivity contribution in [1.29, 1.82) is 0 Å². The van der Waals surface area contributed by atoms with Crippen LogP contribution in [0.3, 0.4) is 0 Å². The molecule has 0 spiro atoms. The molecule has 0 saturated carbocycles. The summed E-state index contributed by atoms with van der Waals surface area (Å²) >= 11 is 5.18. The number of benzene rings is 1. The standard InChI is InChI=1S/C13H13BrFNOS/c1-8(13-10(14)5-6-18-13)16-9-3-4-11(15)12(7-9)17-2/h3-8,16H,1-2H3. The van der Waals surface area contributed by atoms with Crippen LogP contribution in [0, 0.1) is 5.82 Å². The summed E-state index contributed by atoms with van der Waals surface area (Å²) in [7, 11) is 1.46. The predicted octanol–water partition coefficient (Wildman–Crippen LogP) is 4.83. The summed E-state index contributed by atoms with van der Waals surface area (Å²) in [6.45, 7) is 2.06. The van der Waals surface area contributed by atoms with Gasteiger partial charge >= 0.3 is 0 Å². The van der Waals surface area contributed by atoms with Crippen LogP contribution in [0.4, 0.5) is 10.1 Å². The first kappa shape index (κ1) is 13.4. The lowest BCUT2D eigenvalue weighted by molar-refractivity contribution is 0.387. The molecule has 0 bridgehead atoms. The van der Waals surface area contributed by atoms with E-state index in [0.717, 1.165) is 10.2 Å². The van der Waals surface area contributed by atoms with E-state index >= 15 is 0 Å². The summed E-state index contributed by atoms with van der Waals surface area (Å²) < 4.78 is 19.3. The maximum Gasteiger partial charge on any atom is 0.165 e. The van der Waals surface area contributed by atoms with Gasteiger partial charge in [-0.1, -0.05) is 0 Å². The van der Waals surface area contributed by atoms with Crippen LogP contribution >= 0.6 is 27.3 Å². The Morgan fingerprint density at radius 2 is 2.17 bits per heavy atom. The summed E-state index contributed by atoms with van der Waals surface area (Å²) in [5.41, 5.74) is 0.834. The van der Waals surface area contributed by atoms with Crippen molar-refractivity contribution in [1.82, 2.24) is 0 Å². The summed E-state index contributed by atoms with van der Waals surface area (Å²) in [5.74, 6) is -0.106. The fraction of sp³-hybridized carbons (Fsp3) is 0.231. The molecule has 1 aromatic carbocycles. The van der Waals surface area contributed by atoms with Crippen molar-refractivity contribution >= 4 is 33.0 Å². The van der Waals surface area contributed by atoms with Crippen LogP contribution in [-0.2, 0) is 0 Å². The van der Waals surface area contributed by atoms with E-state index in [-0.39, 0.29) is 17.6 Å². The molecule has 5 heteroatoms. The summed E-state index contributed by atoms with van der Waals surface area (Å²) in [4.78, 5) is 1.21. The number of hydrogen-bond acceptors (Lipinski definition) is 3. The van der Waals surface area contributed by atoms with Gasteiger partial charge in [-0.3, -0.25) is 0 Å². The highest BCUT2D eigenvalue weighted by atomic mass is 79.9. The molecule has 0 radical (unpaired) electrons. The van der Waals surface area contributed by atoms with Crippen molar-refractivity contribution in [3.8, 4) is 5.75 Å². The Morgan fingerprint density at radius 1 is 1.39 bits per heavy atom. The number of anilines is 1. The second-order valence-corrected chi connectivity index (χ2v) is 5.65. The summed E-state index contributed by atoms with van der Waals surface area (Å²) in [6.07, 6.45) is 0. The van der Waals surface area contributed by atoms with Gasteiger partial charge in [-0.05, 0) is 46.4 Å². The van der Waals surface area contributed by atoms with Gasteiger partial charge in [0, 0.05) is 21.1 Å². The first-order valence-corrected chi connectivity index (χ1v) is 7.12. The number of hydrogen-bond donors (Lipinski definition) is 1. The van der Waals surface area contributed by atoms with Crippen molar-refractivity contribution in [3.05, 3.63) is 44.8 Å². The second-order valence-electron chi connectivity index (χ2n) is 3.85. The van der Waals surface area contributed by atoms with E-state index in [2.05, 4.69) is 28.2 Å². The van der Waals surface area contributed by atoms with Crippen molar-refractivity contribution in [3.63, 3.8) is 0 Å². The molecule has 0 aliphatic rings. The Kier molecular flexibility index (Phi) is 4.24. The van der Waals surface area contributed by atoms with Gasteiger partial charge in [0.25, 0.3) is 0 Å². The molecule has 2 nitrogen and oxygen atoms in total. The SMILES string of the molecule is COc1cc(NC(C)c2sccc2Br)ccc1F. The molecule has 0 saturated heterocycles. The number of methoxy groups -OCH3 is 1. The number of nitrogens with one attached hydrogen (secondary N) is 1. The Balaban J connectivity index is 2.17. The molecule has 2 rings (SSSR count). The van der Waals surface area contributed by atoms with Gasteiger partial charge in [0.15, 0.2) is 11.6 Å². The molecule has 0 amide bonds. The number of halogens is 2. The first-order chi connectivity index (χ1) is 8.61. The molecule has 1 aromatic heterocycles. The highest BCUT2D eigenvalue weighted by Gasteiger charge is 2.11. The second kappa shape index (κ2) is 5.71. The van der Waals surface area contributed by atoms with Gasteiger partial charge in [-0.15, -0.1) is 11.3 Å². The molecule has 2 aromatic rings. The van der Waals surface area contributed by atoms with E-state index in [1.807, 2.05) is 11.4 Å². The third-order valence-electron chi connectivity index (χ3n) is 2.57. The maximum atomic E-state index is 13.3. The molecule has 0 aliphatic heterocycles. The van der Waals surface area contributed by atoms with Gasteiger partial charge < -0.3 is 10.1 Å². The minimum atomic E-state index is -0.354. The van der Waals surface area contributed by atoms with Crippen LogP contribution in [0.2, 0.25) is 0 Å². The molecule has 0 fully saturated rings. The highest BCUT2D eigenvalue weighted by Crippen LogP contribution is 2.32. The minimum absolute atomic E-state index is 0.148. The average Bonchev–Trinajstić information content (AvgIpc) is 2.78. The molecule has 96 valence electrons. The van der Waals surface area contributed by atoms with Crippen molar-refractivity contribution in [2.75, 3.05) is 12.4 Å². The monoisotopic (exact) mass is 329 g/mol. The highest BCUT2D eigenvalue weighted by molar-refractivity contribution is 9.10. The Labute approximate surface area is 118 Å². The van der Waals surface area contributed by atoms with E-state index in [0.29, 0.717) is 0 Å². The van der Waals surface area contributed by atoms with Gasteiger partial charge in [-0.2, -0.15) is 0 Å². The van der Waals surface area contributed by atoms with E-state index < -0.39 is 0 Å². The lowest BCUT2D eigenvalue weighted by Gasteiger charge is -2.15. The number of thiophene rings is 1. The third-order valence-corrected chi connectivity index (χ3v) is 4.63. The van der Waals surface area contributed by atoms with Crippen LogP contribution in [0.1, 0.15) is 17.8 Å². The third kappa shape index (κ3) is 2.84. The van der Waals surface area contributed by atoms with Crippen LogP contribution in [0.5, 0.6) is 5.75 Å². The van der Waals surface area contributed by atoms with Crippen molar-refractivity contribution in [2.24, 2.45) is 0 Å². The smallest absolute Gasteiger partial charge is 0.165 e. The topological polar surface area (TPSA) is 21.3 Å². The van der Waals surface area contributed by atoms with Crippen molar-refractivity contribution < 1.29 is 9.13 Å². The lowest BCUT2D eigenvalue weighted by Crippen LogP contribution is -2.05. The zero-order valence-electron chi connectivity index (χ0n) is 10.0. The van der Waals surface area contributed by atoms with Crippen LogP contribution in [0.15, 0.2) is 34.1 Å².